The van der Waals surface area contributed by atoms with Crippen LogP contribution in [0.5, 0.6) is 17.2 Å². The Morgan fingerprint density at radius 1 is 0.636 bits per heavy atom. The lowest BCUT2D eigenvalue weighted by atomic mass is 10.0. The molecule has 0 aromatic heterocycles. The first-order chi connectivity index (χ1) is 16.1. The zero-order valence-corrected chi connectivity index (χ0v) is 21.5. The quantitative estimate of drug-likeness (QED) is 0.270. The van der Waals surface area contributed by atoms with Crippen molar-refractivity contribution in [2.24, 2.45) is 0 Å². The summed E-state index contributed by atoms with van der Waals surface area (Å²) < 4.78 is 16.7. The Morgan fingerprint density at radius 2 is 1.12 bits per heavy atom. The van der Waals surface area contributed by atoms with Gasteiger partial charge in [0.05, 0.1) is 21.3 Å². The molecule has 0 unspecified atom stereocenters. The van der Waals surface area contributed by atoms with Crippen molar-refractivity contribution in [2.45, 2.75) is 6.42 Å². The number of methoxy groups -OCH3 is 3. The zero-order valence-electron chi connectivity index (χ0n) is 19.0. The van der Waals surface area contributed by atoms with Gasteiger partial charge in [-0.25, -0.2) is 0 Å². The molecule has 0 saturated carbocycles. The highest BCUT2D eigenvalue weighted by Crippen LogP contribution is 2.63. The van der Waals surface area contributed by atoms with Gasteiger partial charge in [0.1, 0.15) is 15.9 Å². The minimum Gasteiger partial charge on any atom is -0.493 e. The molecule has 4 rings (SSSR count). The van der Waals surface area contributed by atoms with Crippen molar-refractivity contribution in [2.75, 3.05) is 21.3 Å². The summed E-state index contributed by atoms with van der Waals surface area (Å²) >= 11 is 4.29. The van der Waals surface area contributed by atoms with Gasteiger partial charge in [-0.05, 0) is 48.0 Å². The number of hydrogen-bond acceptors (Lipinski definition) is 3. The normalized spacial score (nSPS) is 11.2. The molecular formula is C28H27BrO3P+. The third kappa shape index (κ3) is 4.64. The van der Waals surface area contributed by atoms with Crippen LogP contribution >= 0.6 is 21.5 Å². The summed E-state index contributed by atoms with van der Waals surface area (Å²) in [7, 11) is 4.92. The van der Waals surface area contributed by atoms with Crippen LogP contribution < -0.4 is 30.1 Å². The monoisotopic (exact) mass is 521 g/mol. The van der Waals surface area contributed by atoms with E-state index in [1.54, 1.807) is 21.3 Å². The Bertz CT molecular complexity index is 1150. The van der Waals surface area contributed by atoms with Gasteiger partial charge in [0, 0.05) is 12.0 Å². The Hall–Kier alpha value is -2.81. The average molecular weight is 522 g/mol. The van der Waals surface area contributed by atoms with Crippen molar-refractivity contribution in [3.05, 3.63) is 108 Å². The van der Waals surface area contributed by atoms with Crippen LogP contribution in [0.15, 0.2) is 97.1 Å². The molecule has 4 aromatic carbocycles. The van der Waals surface area contributed by atoms with Crippen molar-refractivity contribution >= 4 is 37.4 Å². The molecule has 0 N–H and O–H groups in total. The molecule has 0 saturated heterocycles. The molecule has 5 heteroatoms. The summed E-state index contributed by atoms with van der Waals surface area (Å²) in [4.78, 5) is 0. The van der Waals surface area contributed by atoms with Gasteiger partial charge in [-0.2, -0.15) is 0 Å². The number of rotatable bonds is 8. The lowest BCUT2D eigenvalue weighted by molar-refractivity contribution is 0.324. The molecule has 0 bridgehead atoms. The molecule has 0 aliphatic carbocycles. The lowest BCUT2D eigenvalue weighted by Crippen LogP contribution is -2.29. The Kier molecular flexibility index (Phi) is 7.37. The number of ether oxygens (including phenoxy) is 3. The molecule has 3 nitrogen and oxygen atoms in total. The van der Waals surface area contributed by atoms with Gasteiger partial charge >= 0.3 is 0 Å². The van der Waals surface area contributed by atoms with Gasteiger partial charge in [0.2, 0.25) is 5.75 Å². The van der Waals surface area contributed by atoms with Crippen molar-refractivity contribution < 1.29 is 14.2 Å². The summed E-state index contributed by atoms with van der Waals surface area (Å²) in [6.07, 6.45) is 0.736. The van der Waals surface area contributed by atoms with Crippen LogP contribution in [0, 0.1) is 0 Å². The average Bonchev–Trinajstić information content (AvgIpc) is 2.89. The summed E-state index contributed by atoms with van der Waals surface area (Å²) in [5.41, 5.74) is 2.35. The van der Waals surface area contributed by atoms with Crippen LogP contribution in [0.4, 0.5) is 0 Å². The summed E-state index contributed by atoms with van der Waals surface area (Å²) in [6, 6.07) is 34.1. The van der Waals surface area contributed by atoms with Gasteiger partial charge < -0.3 is 14.2 Å². The van der Waals surface area contributed by atoms with Crippen LogP contribution in [0.1, 0.15) is 11.1 Å². The summed E-state index contributed by atoms with van der Waals surface area (Å²) in [5.74, 6) is -0.0993. The second-order valence-electron chi connectivity index (χ2n) is 7.60. The van der Waals surface area contributed by atoms with Crippen LogP contribution in [0.2, 0.25) is 0 Å². The lowest BCUT2D eigenvalue weighted by Gasteiger charge is -2.23. The first-order valence-corrected chi connectivity index (χ1v) is 14.5. The first kappa shape index (κ1) is 23.4. The largest absolute Gasteiger partial charge is 0.493 e. The summed E-state index contributed by atoms with van der Waals surface area (Å²) in [5, 5.41) is 3.87. The number of benzene rings is 4. The minimum atomic E-state index is -2.03. The molecular weight excluding hydrogens is 495 g/mol. The van der Waals surface area contributed by atoms with E-state index in [1.165, 1.54) is 21.5 Å². The van der Waals surface area contributed by atoms with E-state index in [-0.39, 0.29) is 0 Å². The minimum absolute atomic E-state index is 0.605. The molecule has 4 aromatic rings. The number of halogens is 1. The van der Waals surface area contributed by atoms with Gasteiger partial charge in [-0.1, -0.05) is 54.6 Å². The molecule has 0 amide bonds. The zero-order chi connectivity index (χ0) is 23.3. The molecule has 168 valence electrons. The van der Waals surface area contributed by atoms with Crippen LogP contribution in [0.25, 0.3) is 0 Å². The molecule has 0 aliphatic rings. The maximum atomic E-state index is 5.59. The summed E-state index contributed by atoms with van der Waals surface area (Å²) in [6.45, 7) is 0. The molecule has 0 radical (unpaired) electrons. The Balaban J connectivity index is 1.86. The van der Waals surface area contributed by atoms with E-state index in [1.807, 2.05) is 12.1 Å². The van der Waals surface area contributed by atoms with Gasteiger partial charge in [-0.3, -0.25) is 0 Å². The van der Waals surface area contributed by atoms with Crippen molar-refractivity contribution in [3.63, 3.8) is 0 Å². The fourth-order valence-corrected chi connectivity index (χ4v) is 9.43. The Labute approximate surface area is 204 Å². The predicted octanol–water partition coefficient (Wildman–Crippen LogP) is 5.91. The maximum Gasteiger partial charge on any atom is 0.203 e. The number of hydrogen-bond donors (Lipinski definition) is 0. The fourth-order valence-electron chi connectivity index (χ4n) is 4.11. The topological polar surface area (TPSA) is 27.7 Å². The third-order valence-corrected chi connectivity index (χ3v) is 12.4. The predicted molar refractivity (Wildman–Crippen MR) is 143 cm³/mol. The van der Waals surface area contributed by atoms with Crippen LogP contribution in [0.3, 0.4) is 0 Å². The molecule has 0 aliphatic heterocycles. The van der Waals surface area contributed by atoms with Crippen molar-refractivity contribution in [1.82, 2.24) is 0 Å². The molecule has 0 fully saturated rings. The standard InChI is InChI=1S/C28H27BrO3P/c1-30-25-19-21(20-26(31-2)28(25)32-3)18-22-12-10-11-17-27(22)33(29,23-13-6-4-7-14-23)24-15-8-5-9-16-24/h4-17,19-20H,18H2,1-3H3/q+1. The van der Waals surface area contributed by atoms with Crippen LogP contribution in [-0.2, 0) is 6.42 Å². The second-order valence-corrected chi connectivity index (χ2v) is 13.5. The highest BCUT2D eigenvalue weighted by molar-refractivity contribution is 9.44. The highest BCUT2D eigenvalue weighted by Gasteiger charge is 2.45. The molecule has 33 heavy (non-hydrogen) atoms. The third-order valence-electron chi connectivity index (χ3n) is 5.67. The van der Waals surface area contributed by atoms with Crippen molar-refractivity contribution in [3.8, 4) is 17.2 Å². The molecule has 0 spiro atoms. The van der Waals surface area contributed by atoms with Gasteiger partial charge in [0.15, 0.2) is 33.0 Å². The van der Waals surface area contributed by atoms with Gasteiger partial charge in [-0.15, -0.1) is 0 Å². The SMILES string of the molecule is COc1cc(Cc2ccccc2[P+](Br)(c2ccccc2)c2ccccc2)cc(OC)c1OC. The van der Waals surface area contributed by atoms with E-state index < -0.39 is 5.96 Å². The van der Waals surface area contributed by atoms with Crippen molar-refractivity contribution in [1.29, 1.82) is 0 Å². The first-order valence-electron chi connectivity index (χ1n) is 10.7. The van der Waals surface area contributed by atoms with E-state index in [2.05, 4.69) is 100 Å². The van der Waals surface area contributed by atoms with E-state index >= 15 is 0 Å². The second kappa shape index (κ2) is 10.4. The van der Waals surface area contributed by atoms with E-state index in [0.717, 1.165) is 12.0 Å². The fraction of sp³-hybridized carbons (Fsp3) is 0.143. The van der Waals surface area contributed by atoms with Crippen LogP contribution in [-0.4, -0.2) is 21.3 Å². The molecule has 0 atom stereocenters. The van der Waals surface area contributed by atoms with Gasteiger partial charge in [0.25, 0.3) is 0 Å². The Morgan fingerprint density at radius 3 is 1.61 bits per heavy atom. The van der Waals surface area contributed by atoms with E-state index in [0.29, 0.717) is 17.2 Å². The maximum absolute atomic E-state index is 5.59. The van der Waals surface area contributed by atoms with E-state index in [4.69, 9.17) is 14.2 Å². The van der Waals surface area contributed by atoms with E-state index in [9.17, 15) is 0 Å². The smallest absolute Gasteiger partial charge is 0.203 e. The molecule has 0 heterocycles. The highest BCUT2D eigenvalue weighted by atomic mass is 79.9.